The number of halogens is 1. The van der Waals surface area contributed by atoms with E-state index in [2.05, 4.69) is 43.8 Å². The second-order valence-corrected chi connectivity index (χ2v) is 6.97. The molecule has 0 amide bonds. The highest BCUT2D eigenvalue weighted by Gasteiger charge is 2.36. The number of likely N-dealkylation sites (N-methyl/N-ethyl adjacent to an activating group) is 1. The summed E-state index contributed by atoms with van der Waals surface area (Å²) in [6, 6.07) is 0.969. The van der Waals surface area contributed by atoms with E-state index in [9.17, 15) is 0 Å². The van der Waals surface area contributed by atoms with Gasteiger partial charge < -0.3 is 10.1 Å². The first-order valence-corrected chi connectivity index (χ1v) is 8.83. The summed E-state index contributed by atoms with van der Waals surface area (Å²) in [6.45, 7) is 6.33. The Hall–Kier alpha value is 0.0600. The van der Waals surface area contributed by atoms with Gasteiger partial charge in [0, 0.05) is 22.4 Å². The molecule has 0 radical (unpaired) electrons. The van der Waals surface area contributed by atoms with E-state index >= 15 is 0 Å². The third kappa shape index (κ3) is 2.90. The number of rotatable bonds is 4. The molecule has 1 aromatic heterocycles. The van der Waals surface area contributed by atoms with Crippen molar-refractivity contribution in [3.8, 4) is 0 Å². The van der Waals surface area contributed by atoms with Gasteiger partial charge in [-0.2, -0.15) is 11.3 Å². The molecule has 2 fully saturated rings. The van der Waals surface area contributed by atoms with E-state index in [-0.39, 0.29) is 6.10 Å². The van der Waals surface area contributed by atoms with Crippen molar-refractivity contribution in [2.24, 2.45) is 0 Å². The van der Waals surface area contributed by atoms with E-state index in [1.165, 1.54) is 29.4 Å². The van der Waals surface area contributed by atoms with Crippen molar-refractivity contribution in [1.82, 2.24) is 10.2 Å². The van der Waals surface area contributed by atoms with Crippen molar-refractivity contribution in [3.05, 3.63) is 20.8 Å². The van der Waals surface area contributed by atoms with E-state index in [4.69, 9.17) is 4.74 Å². The second kappa shape index (κ2) is 6.22. The normalized spacial score (nSPS) is 29.4. The molecule has 0 aromatic carbocycles. The van der Waals surface area contributed by atoms with Crippen molar-refractivity contribution < 1.29 is 4.74 Å². The zero-order valence-corrected chi connectivity index (χ0v) is 13.7. The SMILES string of the molecule is CCNC(c1cscc1Br)C1CN2CCCC2CO1. The van der Waals surface area contributed by atoms with Gasteiger partial charge in [0.25, 0.3) is 0 Å². The van der Waals surface area contributed by atoms with Crippen molar-refractivity contribution >= 4 is 27.3 Å². The summed E-state index contributed by atoms with van der Waals surface area (Å²) in [6.07, 6.45) is 2.90. The summed E-state index contributed by atoms with van der Waals surface area (Å²) >= 11 is 5.41. The van der Waals surface area contributed by atoms with Crippen LogP contribution in [-0.4, -0.2) is 43.3 Å². The van der Waals surface area contributed by atoms with Crippen LogP contribution in [0.5, 0.6) is 0 Å². The Kier molecular flexibility index (Phi) is 4.59. The van der Waals surface area contributed by atoms with Crippen LogP contribution in [0.1, 0.15) is 31.4 Å². The number of nitrogens with zero attached hydrogens (tertiary/aromatic N) is 1. The predicted octanol–water partition coefficient (Wildman–Crippen LogP) is 3.02. The number of fused-ring (bicyclic) bond motifs is 1. The van der Waals surface area contributed by atoms with Gasteiger partial charge >= 0.3 is 0 Å². The van der Waals surface area contributed by atoms with Crippen LogP contribution in [0.3, 0.4) is 0 Å². The lowest BCUT2D eigenvalue weighted by molar-refractivity contribution is -0.0651. The fourth-order valence-corrected chi connectivity index (χ4v) is 4.80. The Morgan fingerprint density at radius 3 is 3.21 bits per heavy atom. The van der Waals surface area contributed by atoms with Crippen LogP contribution in [0, 0.1) is 0 Å². The molecule has 2 aliphatic rings. The Morgan fingerprint density at radius 1 is 1.58 bits per heavy atom. The summed E-state index contributed by atoms with van der Waals surface area (Å²) < 4.78 is 7.37. The highest BCUT2D eigenvalue weighted by Crippen LogP contribution is 2.33. The maximum Gasteiger partial charge on any atom is 0.0897 e. The van der Waals surface area contributed by atoms with E-state index < -0.39 is 0 Å². The van der Waals surface area contributed by atoms with Gasteiger partial charge in [0.05, 0.1) is 18.8 Å². The molecule has 0 bridgehead atoms. The highest BCUT2D eigenvalue weighted by molar-refractivity contribution is 9.10. The van der Waals surface area contributed by atoms with Gasteiger partial charge in [0.15, 0.2) is 0 Å². The van der Waals surface area contributed by atoms with E-state index in [1.54, 1.807) is 11.3 Å². The minimum Gasteiger partial charge on any atom is -0.373 e. The number of morpholine rings is 1. The smallest absolute Gasteiger partial charge is 0.0897 e. The molecule has 19 heavy (non-hydrogen) atoms. The molecule has 0 saturated carbocycles. The number of thiophene rings is 1. The van der Waals surface area contributed by atoms with Crippen LogP contribution < -0.4 is 5.32 Å². The van der Waals surface area contributed by atoms with Gasteiger partial charge in [-0.25, -0.2) is 0 Å². The molecule has 3 nitrogen and oxygen atoms in total. The van der Waals surface area contributed by atoms with Gasteiger partial charge in [0.1, 0.15) is 0 Å². The molecule has 0 spiro atoms. The first-order chi connectivity index (χ1) is 9.29. The molecule has 3 atom stereocenters. The number of nitrogens with one attached hydrogen (secondary N) is 1. The lowest BCUT2D eigenvalue weighted by atomic mass is 10.0. The third-order valence-corrected chi connectivity index (χ3v) is 5.94. The molecule has 1 aromatic rings. The van der Waals surface area contributed by atoms with Crippen LogP contribution in [0.2, 0.25) is 0 Å². The van der Waals surface area contributed by atoms with Crippen LogP contribution in [0.25, 0.3) is 0 Å². The summed E-state index contributed by atoms with van der Waals surface area (Å²) in [7, 11) is 0. The summed E-state index contributed by atoms with van der Waals surface area (Å²) in [5.74, 6) is 0. The van der Waals surface area contributed by atoms with Gasteiger partial charge in [-0.05, 0) is 52.8 Å². The first-order valence-electron chi connectivity index (χ1n) is 7.10. The molecule has 2 aliphatic heterocycles. The number of ether oxygens (including phenoxy) is 1. The zero-order valence-electron chi connectivity index (χ0n) is 11.3. The average Bonchev–Trinajstić information content (AvgIpc) is 3.03. The van der Waals surface area contributed by atoms with Crippen LogP contribution in [0.15, 0.2) is 15.2 Å². The lowest BCUT2D eigenvalue weighted by Crippen LogP contribution is -2.50. The Bertz CT molecular complexity index is 425. The van der Waals surface area contributed by atoms with E-state index in [0.29, 0.717) is 12.1 Å². The molecule has 1 N–H and O–H groups in total. The summed E-state index contributed by atoms with van der Waals surface area (Å²) in [5, 5.41) is 7.99. The number of hydrogen-bond acceptors (Lipinski definition) is 4. The standard InChI is InChI=1S/C14H21BrN2OS/c1-2-16-14(11-8-19-9-12(11)15)13-6-17-5-3-4-10(17)7-18-13/h8-10,13-14,16H,2-7H2,1H3. The first kappa shape index (κ1) is 14.0. The highest BCUT2D eigenvalue weighted by atomic mass is 79.9. The van der Waals surface area contributed by atoms with Crippen LogP contribution in [-0.2, 0) is 4.74 Å². The minimum absolute atomic E-state index is 0.264. The zero-order chi connectivity index (χ0) is 13.2. The molecule has 3 unspecified atom stereocenters. The largest absolute Gasteiger partial charge is 0.373 e. The van der Waals surface area contributed by atoms with Crippen molar-refractivity contribution in [1.29, 1.82) is 0 Å². The second-order valence-electron chi connectivity index (χ2n) is 5.37. The Morgan fingerprint density at radius 2 is 2.47 bits per heavy atom. The molecule has 5 heteroatoms. The molecular weight excluding hydrogens is 324 g/mol. The van der Waals surface area contributed by atoms with Crippen molar-refractivity contribution in [2.45, 2.75) is 38.0 Å². The molecular formula is C14H21BrN2OS. The molecule has 3 rings (SSSR count). The molecule has 2 saturated heterocycles. The third-order valence-electron chi connectivity index (χ3n) is 4.19. The fourth-order valence-electron chi connectivity index (χ4n) is 3.22. The van der Waals surface area contributed by atoms with Crippen LogP contribution >= 0.6 is 27.3 Å². The number of hydrogen-bond donors (Lipinski definition) is 1. The van der Waals surface area contributed by atoms with Crippen LogP contribution in [0.4, 0.5) is 0 Å². The molecule has 106 valence electrons. The average molecular weight is 345 g/mol. The summed E-state index contributed by atoms with van der Waals surface area (Å²) in [4.78, 5) is 2.61. The van der Waals surface area contributed by atoms with Gasteiger partial charge in [0.2, 0.25) is 0 Å². The Balaban J connectivity index is 1.75. The summed E-state index contributed by atoms with van der Waals surface area (Å²) in [5.41, 5.74) is 1.34. The lowest BCUT2D eigenvalue weighted by Gasteiger charge is -2.39. The quantitative estimate of drug-likeness (QED) is 0.908. The van der Waals surface area contributed by atoms with Crippen molar-refractivity contribution in [3.63, 3.8) is 0 Å². The van der Waals surface area contributed by atoms with Gasteiger partial charge in [-0.15, -0.1) is 0 Å². The van der Waals surface area contributed by atoms with E-state index in [0.717, 1.165) is 19.7 Å². The topological polar surface area (TPSA) is 24.5 Å². The minimum atomic E-state index is 0.264. The van der Waals surface area contributed by atoms with Gasteiger partial charge in [-0.1, -0.05) is 6.92 Å². The van der Waals surface area contributed by atoms with Crippen molar-refractivity contribution in [2.75, 3.05) is 26.2 Å². The predicted molar refractivity (Wildman–Crippen MR) is 82.8 cm³/mol. The monoisotopic (exact) mass is 344 g/mol. The maximum absolute atomic E-state index is 6.17. The maximum atomic E-state index is 6.17. The fraction of sp³-hybridized carbons (Fsp3) is 0.714. The molecule has 0 aliphatic carbocycles. The molecule has 3 heterocycles. The van der Waals surface area contributed by atoms with Gasteiger partial charge in [-0.3, -0.25) is 4.90 Å². The Labute approximate surface area is 127 Å². The van der Waals surface area contributed by atoms with E-state index in [1.807, 2.05) is 0 Å².